The van der Waals surface area contributed by atoms with E-state index >= 15 is 0 Å². The topological polar surface area (TPSA) is 481 Å². The minimum Gasteiger partial charge on any atom is -0.480 e. The first kappa shape index (κ1) is 106. The Morgan fingerprint density at radius 1 is 0.353 bits per heavy atom. The summed E-state index contributed by atoms with van der Waals surface area (Å²) in [5.41, 5.74) is -1.82. The van der Waals surface area contributed by atoms with Crippen LogP contribution in [0.4, 0.5) is 9.59 Å². The lowest BCUT2D eigenvalue weighted by molar-refractivity contribution is -0.159. The predicted molar refractivity (Wildman–Crippen MR) is 420 cm³/mol. The Bertz CT molecular complexity index is 2920. The molecule has 38 nitrogen and oxygen atoms in total. The van der Waals surface area contributed by atoms with Crippen molar-refractivity contribution in [3.05, 3.63) is 35.9 Å². The Morgan fingerprint density at radius 2 is 0.698 bits per heavy atom. The van der Waals surface area contributed by atoms with Crippen molar-refractivity contribution in [1.29, 1.82) is 0 Å². The van der Waals surface area contributed by atoms with Gasteiger partial charge < -0.3 is 129 Å². The second-order valence-corrected chi connectivity index (χ2v) is 29.5. The van der Waals surface area contributed by atoms with Crippen molar-refractivity contribution < 1.29 is 138 Å². The number of rotatable bonds is 69. The number of unbranched alkanes of at least 4 members (excludes halogenated alkanes) is 1. The first-order valence-corrected chi connectivity index (χ1v) is 39.7. The van der Waals surface area contributed by atoms with Gasteiger partial charge in [0.1, 0.15) is 53.6 Å². The van der Waals surface area contributed by atoms with E-state index in [4.69, 9.17) is 75.8 Å². The van der Waals surface area contributed by atoms with Gasteiger partial charge in [-0.1, -0.05) is 44.2 Å². The average molecular weight is 1660 g/mol. The monoisotopic (exact) mass is 1660 g/mol. The molecule has 0 radical (unpaired) electrons. The van der Waals surface area contributed by atoms with Crippen LogP contribution in [0.15, 0.2) is 30.3 Å². The average Bonchev–Trinajstić information content (AvgIpc) is 0.864. The molecule has 1 aromatic carbocycles. The molecule has 1 rings (SSSR count). The summed E-state index contributed by atoms with van der Waals surface area (Å²) in [5.74, 6) is -6.11. The van der Waals surface area contributed by atoms with Crippen molar-refractivity contribution in [2.45, 2.75) is 201 Å². The van der Waals surface area contributed by atoms with E-state index in [9.17, 15) is 62.6 Å². The molecule has 0 aliphatic heterocycles. The Balaban J connectivity index is 1.98. The number of urea groups is 1. The van der Waals surface area contributed by atoms with E-state index in [-0.39, 0.29) is 128 Å². The first-order chi connectivity index (χ1) is 55.1. The summed E-state index contributed by atoms with van der Waals surface area (Å²) in [6.07, 6.45) is 0.0566. The number of carboxylic acid groups (broad SMARTS) is 1. The van der Waals surface area contributed by atoms with Gasteiger partial charge in [-0.05, 0) is 113 Å². The zero-order valence-corrected chi connectivity index (χ0v) is 70.3. The predicted octanol–water partition coefficient (Wildman–Crippen LogP) is 2.64. The molecule has 0 bridgehead atoms. The molecule has 0 aliphatic rings. The van der Waals surface area contributed by atoms with Crippen LogP contribution in [-0.4, -0.2) is 308 Å². The number of esters is 3. The molecular formula is C78H135N9O29. The van der Waals surface area contributed by atoms with Crippen LogP contribution in [0.3, 0.4) is 0 Å². The molecule has 1 aromatic rings. The Kier molecular flexibility index (Phi) is 59.4. The van der Waals surface area contributed by atoms with Gasteiger partial charge in [-0.2, -0.15) is 0 Å². The number of hydrogen-bond acceptors (Lipinski definition) is 28. The zero-order valence-electron chi connectivity index (χ0n) is 70.3. The summed E-state index contributed by atoms with van der Waals surface area (Å²) in [6.45, 7) is 28.1. The van der Waals surface area contributed by atoms with Crippen LogP contribution < -0.4 is 47.9 Å². The minimum absolute atomic E-state index is 0.0328. The molecule has 5 atom stereocenters. The van der Waals surface area contributed by atoms with Crippen LogP contribution in [0.5, 0.6) is 0 Å². The molecule has 0 unspecified atom stereocenters. The summed E-state index contributed by atoms with van der Waals surface area (Å²) in [5, 5.41) is 32.9. The van der Waals surface area contributed by atoms with Crippen LogP contribution in [0.1, 0.15) is 153 Å². The fourth-order valence-electron chi connectivity index (χ4n) is 9.48. The van der Waals surface area contributed by atoms with E-state index in [0.717, 1.165) is 5.56 Å². The number of amides is 9. The number of carbonyl (C=O) groups excluding carboxylic acids is 11. The highest BCUT2D eigenvalue weighted by molar-refractivity contribution is 5.93. The van der Waals surface area contributed by atoms with Gasteiger partial charge in [0, 0.05) is 58.3 Å². The molecule has 9 amide bonds. The van der Waals surface area contributed by atoms with Crippen molar-refractivity contribution in [1.82, 2.24) is 47.9 Å². The molecule has 0 aromatic heterocycles. The van der Waals surface area contributed by atoms with Crippen LogP contribution in [0.2, 0.25) is 0 Å². The van der Waals surface area contributed by atoms with Crippen LogP contribution in [0.25, 0.3) is 0 Å². The molecular weight excluding hydrogens is 1530 g/mol. The van der Waals surface area contributed by atoms with Gasteiger partial charge in [-0.3, -0.25) is 38.4 Å². The third-order valence-corrected chi connectivity index (χ3v) is 15.2. The van der Waals surface area contributed by atoms with Crippen molar-refractivity contribution in [2.75, 3.05) is 185 Å². The minimum atomic E-state index is -1.26. The van der Waals surface area contributed by atoms with Crippen molar-refractivity contribution >= 4 is 71.4 Å². The van der Waals surface area contributed by atoms with E-state index in [1.165, 1.54) is 6.92 Å². The van der Waals surface area contributed by atoms with Crippen molar-refractivity contribution in [3.8, 4) is 0 Å². The maximum absolute atomic E-state index is 13.4. The maximum atomic E-state index is 13.4. The lowest BCUT2D eigenvalue weighted by atomic mass is 10.0. The number of carboxylic acids is 1. The number of carbonyl (C=O) groups is 12. The SMILES string of the molecule is CC(C)[C@H](NC(=O)[C@H](CCCCNC(=O)CCOCCOCCOCCOCCNC(=O)CCOCCOCCOCCOCCNC(=O)CCOCCOCCOCCOCCNC(=O)CC[C@H](NC(=O)N[C@@H](CCC(=O)OC(C)(C)C)C(=O)OC(C)(C)C)C(=O)OC(C)(C)C)NC(=O)OCc1ccccc1)C(=O)N[C@@H](C)C(=O)O. The van der Waals surface area contributed by atoms with Gasteiger partial charge >= 0.3 is 36.0 Å². The second kappa shape index (κ2) is 65.0. The molecule has 666 valence electrons. The van der Waals surface area contributed by atoms with Gasteiger partial charge in [0.15, 0.2) is 0 Å². The Hall–Kier alpha value is -8.02. The molecule has 116 heavy (non-hydrogen) atoms. The van der Waals surface area contributed by atoms with E-state index in [2.05, 4.69) is 47.9 Å². The van der Waals surface area contributed by atoms with Crippen LogP contribution in [0, 0.1) is 5.92 Å². The van der Waals surface area contributed by atoms with Gasteiger partial charge in [-0.25, -0.2) is 19.2 Å². The summed E-state index contributed by atoms with van der Waals surface area (Å²) in [6, 6.07) is 2.18. The second-order valence-electron chi connectivity index (χ2n) is 29.5. The van der Waals surface area contributed by atoms with E-state index in [1.54, 1.807) is 100 Å². The first-order valence-electron chi connectivity index (χ1n) is 39.7. The molecule has 0 fully saturated rings. The summed E-state index contributed by atoms with van der Waals surface area (Å²) in [7, 11) is 0. The summed E-state index contributed by atoms with van der Waals surface area (Å²) >= 11 is 0. The number of benzene rings is 1. The summed E-state index contributed by atoms with van der Waals surface area (Å²) < 4.78 is 87.6. The molecule has 0 heterocycles. The van der Waals surface area contributed by atoms with E-state index in [0.29, 0.717) is 145 Å². The third-order valence-electron chi connectivity index (χ3n) is 15.2. The number of alkyl carbamates (subject to hydrolysis) is 1. The molecule has 38 heteroatoms. The standard InChI is InChI=1S/C78H135N9O29/c1-57(2)68(70(94)83-58(3)71(95)96)87-69(93)60(86-75(100)113-56-59-18-14-13-15-19-59)20-16-17-28-79-64(89)25-32-101-38-44-107-50-54-111-48-42-105-36-30-81-66(91)27-34-103-40-46-109-52-55-112-49-43-106-37-31-82-65(90)26-33-102-39-45-108-51-53-110-47-41-104-35-29-80-63(88)23-21-61(72(97)115-77(7,8)9)84-74(99)85-62(73(98)116-78(10,11)12)22-24-67(92)114-76(4,5)6/h13-15,18-19,57-58,60-62,68H,16-17,20-56H2,1-12H3,(H,79,89)(H,80,88)(H,81,91)(H,82,90)(H,83,94)(H,86,100)(H,87,93)(H,95,96)(H2,84,85,99)/t58-,60-,61-,62-,68-/m0/s1. The van der Waals surface area contributed by atoms with Crippen molar-refractivity contribution in [3.63, 3.8) is 0 Å². The molecule has 0 saturated carbocycles. The third kappa shape index (κ3) is 63.2. The van der Waals surface area contributed by atoms with Crippen molar-refractivity contribution in [2.24, 2.45) is 5.92 Å². The normalized spacial score (nSPS) is 12.9. The molecule has 10 N–H and O–H groups in total. The smallest absolute Gasteiger partial charge is 0.408 e. The highest BCUT2D eigenvalue weighted by Gasteiger charge is 2.34. The van der Waals surface area contributed by atoms with E-state index in [1.807, 2.05) is 6.07 Å². The van der Waals surface area contributed by atoms with E-state index < -0.39 is 107 Å². The molecule has 0 aliphatic carbocycles. The largest absolute Gasteiger partial charge is 0.480 e. The lowest BCUT2D eigenvalue weighted by Crippen LogP contribution is -2.57. The number of nitrogens with one attached hydrogen (secondary N) is 9. The van der Waals surface area contributed by atoms with Crippen LogP contribution >= 0.6 is 0 Å². The quantitative estimate of drug-likeness (QED) is 0.0254. The highest BCUT2D eigenvalue weighted by Crippen LogP contribution is 2.16. The maximum Gasteiger partial charge on any atom is 0.408 e. The van der Waals surface area contributed by atoms with Gasteiger partial charge in [0.05, 0.1) is 159 Å². The number of ether oxygens (including phenoxy) is 16. The van der Waals surface area contributed by atoms with Gasteiger partial charge in [0.2, 0.25) is 35.4 Å². The number of aliphatic carboxylic acids is 1. The fraction of sp³-hybridized carbons (Fsp3) is 0.769. The fourth-order valence-corrected chi connectivity index (χ4v) is 9.48. The summed E-state index contributed by atoms with van der Waals surface area (Å²) in [4.78, 5) is 152. The lowest BCUT2D eigenvalue weighted by Gasteiger charge is -2.27. The highest BCUT2D eigenvalue weighted by atomic mass is 16.6. The Labute approximate surface area is 682 Å². The molecule has 0 saturated heterocycles. The molecule has 0 spiro atoms. The van der Waals surface area contributed by atoms with Gasteiger partial charge in [0.25, 0.3) is 0 Å². The number of hydrogen-bond donors (Lipinski definition) is 10. The van der Waals surface area contributed by atoms with Gasteiger partial charge in [-0.15, -0.1) is 0 Å². The Morgan fingerprint density at radius 3 is 1.06 bits per heavy atom. The van der Waals surface area contributed by atoms with Crippen LogP contribution in [-0.2, 0) is 130 Å². The zero-order chi connectivity index (χ0) is 86.3.